The second-order valence-electron chi connectivity index (χ2n) is 9.23. The van der Waals surface area contributed by atoms with Gasteiger partial charge in [-0.15, -0.1) is 14.5 Å². The second-order valence-corrected chi connectivity index (χ2v) is 11.3. The Balaban J connectivity index is 1.38. The number of hydroxylamine groups is 2. The van der Waals surface area contributed by atoms with Crippen molar-refractivity contribution < 1.29 is 31.6 Å². The Kier molecular flexibility index (Phi) is 6.07. The van der Waals surface area contributed by atoms with Crippen molar-refractivity contribution >= 4 is 33.9 Å². The molecule has 14 heteroatoms. The zero-order valence-electron chi connectivity index (χ0n) is 18.1. The van der Waals surface area contributed by atoms with Gasteiger partial charge in [0.2, 0.25) is 0 Å². The third-order valence-electron chi connectivity index (χ3n) is 5.73. The molecule has 0 saturated carbocycles. The number of piperidine rings is 2. The molecule has 1 aromatic rings. The first kappa shape index (κ1) is 23.1. The van der Waals surface area contributed by atoms with Crippen LogP contribution in [0.25, 0.3) is 0 Å². The summed E-state index contributed by atoms with van der Waals surface area (Å²) in [5.74, 6) is 0.171. The zero-order chi connectivity index (χ0) is 23.3. The molecule has 0 aromatic carbocycles. The molecule has 2 bridgehead atoms. The van der Waals surface area contributed by atoms with Gasteiger partial charge in [-0.05, 0) is 46.5 Å². The van der Waals surface area contributed by atoms with E-state index in [-0.39, 0.29) is 18.1 Å². The summed E-state index contributed by atoms with van der Waals surface area (Å²) in [4.78, 5) is 28.1. The first-order chi connectivity index (χ1) is 14.9. The van der Waals surface area contributed by atoms with Crippen LogP contribution in [0.5, 0.6) is 0 Å². The summed E-state index contributed by atoms with van der Waals surface area (Å²) < 4.78 is 40.9. The summed E-state index contributed by atoms with van der Waals surface area (Å²) in [5.41, 5.74) is -0.532. The lowest BCUT2D eigenvalue weighted by Crippen LogP contribution is -2.41. The van der Waals surface area contributed by atoms with Crippen molar-refractivity contribution in [2.24, 2.45) is 0 Å². The van der Waals surface area contributed by atoms with Crippen molar-refractivity contribution in [2.45, 2.75) is 70.1 Å². The average Bonchev–Trinajstić information content (AvgIpc) is 3.27. The highest BCUT2D eigenvalue weighted by Gasteiger charge is 2.48. The molecule has 3 amide bonds. The van der Waals surface area contributed by atoms with E-state index in [1.165, 1.54) is 16.2 Å². The highest BCUT2D eigenvalue weighted by atomic mass is 32.3. The highest BCUT2D eigenvalue weighted by Crippen LogP contribution is 2.41. The number of nitrogens with zero attached hydrogens (tertiary/aromatic N) is 5. The Morgan fingerprint density at radius 3 is 2.41 bits per heavy atom. The molecule has 4 heterocycles. The van der Waals surface area contributed by atoms with E-state index in [1.54, 1.807) is 4.90 Å². The second kappa shape index (κ2) is 8.39. The van der Waals surface area contributed by atoms with Gasteiger partial charge < -0.3 is 14.5 Å². The minimum Gasteiger partial charge on any atom is -0.444 e. The van der Waals surface area contributed by atoms with Crippen molar-refractivity contribution in [1.82, 2.24) is 25.1 Å². The molecule has 4 rings (SSSR count). The fourth-order valence-corrected chi connectivity index (χ4v) is 5.82. The number of likely N-dealkylation sites (tertiary alicyclic amines) is 1. The van der Waals surface area contributed by atoms with Crippen LogP contribution in [0.4, 0.5) is 9.59 Å². The van der Waals surface area contributed by atoms with E-state index in [2.05, 4.69) is 14.5 Å². The number of rotatable bonds is 4. The van der Waals surface area contributed by atoms with Crippen LogP contribution < -0.4 is 0 Å². The largest absolute Gasteiger partial charge is 0.444 e. The Hall–Kier alpha value is -2.03. The summed E-state index contributed by atoms with van der Waals surface area (Å²) in [6.07, 6.45) is 2.30. The maximum atomic E-state index is 12.6. The van der Waals surface area contributed by atoms with Crippen molar-refractivity contribution in [1.29, 1.82) is 0 Å². The number of aromatic nitrogens is 2. The first-order valence-corrected chi connectivity index (χ1v) is 12.7. The van der Waals surface area contributed by atoms with Gasteiger partial charge in [-0.2, -0.15) is 13.5 Å². The molecular formula is C18H27N5O7S2. The van der Waals surface area contributed by atoms with Crippen molar-refractivity contribution in [3.8, 4) is 0 Å². The number of fused-ring (bicyclic) bond motifs is 2. The molecule has 3 aliphatic heterocycles. The van der Waals surface area contributed by atoms with Gasteiger partial charge in [0, 0.05) is 25.6 Å². The number of carbonyl (C=O) groups is 2. The minimum atomic E-state index is -4.78. The van der Waals surface area contributed by atoms with E-state index in [4.69, 9.17) is 9.29 Å². The Bertz CT molecular complexity index is 984. The molecule has 32 heavy (non-hydrogen) atoms. The Labute approximate surface area is 190 Å². The van der Waals surface area contributed by atoms with Gasteiger partial charge >= 0.3 is 22.5 Å². The molecule has 178 valence electrons. The third kappa shape index (κ3) is 4.97. The lowest BCUT2D eigenvalue weighted by atomic mass is 9.98. The highest BCUT2D eigenvalue weighted by molar-refractivity contribution is 7.80. The van der Waals surface area contributed by atoms with Crippen LogP contribution >= 0.6 is 11.3 Å². The number of amides is 3. The quantitative estimate of drug-likeness (QED) is 0.630. The minimum absolute atomic E-state index is 0.171. The number of ether oxygens (including phenoxy) is 1. The number of urea groups is 1. The fraction of sp³-hybridized carbons (Fsp3) is 0.778. The molecule has 1 aromatic heterocycles. The molecule has 3 fully saturated rings. The van der Waals surface area contributed by atoms with Gasteiger partial charge in [-0.1, -0.05) is 11.3 Å². The number of carbonyl (C=O) groups excluding carboxylic acids is 2. The monoisotopic (exact) mass is 489 g/mol. The van der Waals surface area contributed by atoms with Gasteiger partial charge in [0.25, 0.3) is 0 Å². The van der Waals surface area contributed by atoms with Gasteiger partial charge in [-0.3, -0.25) is 4.55 Å². The van der Waals surface area contributed by atoms with Crippen molar-refractivity contribution in [3.63, 3.8) is 0 Å². The first-order valence-electron chi connectivity index (χ1n) is 10.5. The SMILES string of the molecule is CC(C)(C)OC(=O)N1CCC(c2nnc(C3CCC4CN3C(=O)N4OS(=O)(=O)O)s2)CC1. The summed E-state index contributed by atoms with van der Waals surface area (Å²) in [5, 5.41) is 10.9. The van der Waals surface area contributed by atoms with Crippen LogP contribution in [0.15, 0.2) is 0 Å². The van der Waals surface area contributed by atoms with E-state index >= 15 is 0 Å². The topological polar surface area (TPSA) is 142 Å². The standard InChI is InChI=1S/C18H27N5O7S2/c1-18(2,3)29-17(25)21-8-6-11(7-9-21)14-19-20-15(31-14)13-5-4-12-10-22(13)16(24)23(12)30-32(26,27)28/h11-13H,4-10H2,1-3H3,(H,26,27,28). The van der Waals surface area contributed by atoms with Crippen molar-refractivity contribution in [3.05, 3.63) is 10.0 Å². The summed E-state index contributed by atoms with van der Waals surface area (Å²) in [6, 6.07) is -1.37. The average molecular weight is 490 g/mol. The van der Waals surface area contributed by atoms with E-state index in [1.807, 2.05) is 20.8 Å². The molecule has 0 spiro atoms. The van der Waals surface area contributed by atoms with Gasteiger partial charge in [0.1, 0.15) is 15.6 Å². The number of hydrogen-bond acceptors (Lipinski definition) is 9. The van der Waals surface area contributed by atoms with Crippen LogP contribution in [-0.2, 0) is 19.4 Å². The maximum Gasteiger partial charge on any atom is 0.418 e. The Morgan fingerprint density at radius 2 is 1.78 bits per heavy atom. The molecule has 3 aliphatic rings. The molecule has 2 atom stereocenters. The van der Waals surface area contributed by atoms with Crippen molar-refractivity contribution in [2.75, 3.05) is 19.6 Å². The lowest BCUT2D eigenvalue weighted by Gasteiger charge is -2.32. The van der Waals surface area contributed by atoms with Gasteiger partial charge in [-0.25, -0.2) is 9.59 Å². The normalized spacial score (nSPS) is 24.9. The van der Waals surface area contributed by atoms with E-state index in [0.717, 1.165) is 22.9 Å². The summed E-state index contributed by atoms with van der Waals surface area (Å²) >= 11 is 1.44. The summed E-state index contributed by atoms with van der Waals surface area (Å²) in [6.45, 7) is 6.97. The molecule has 1 N–H and O–H groups in total. The fourth-order valence-electron chi connectivity index (χ4n) is 4.27. The maximum absolute atomic E-state index is 12.6. The molecule has 3 saturated heterocycles. The number of hydrogen-bond donors (Lipinski definition) is 1. The van der Waals surface area contributed by atoms with Crippen LogP contribution in [-0.4, -0.2) is 81.4 Å². The van der Waals surface area contributed by atoms with Gasteiger partial charge in [0.05, 0.1) is 12.1 Å². The van der Waals surface area contributed by atoms with E-state index < -0.39 is 28.1 Å². The molecular weight excluding hydrogens is 462 g/mol. The molecule has 0 aliphatic carbocycles. The molecule has 12 nitrogen and oxygen atoms in total. The van der Waals surface area contributed by atoms with Crippen LogP contribution in [0.3, 0.4) is 0 Å². The van der Waals surface area contributed by atoms with Crippen LogP contribution in [0.2, 0.25) is 0 Å². The summed E-state index contributed by atoms with van der Waals surface area (Å²) in [7, 11) is -4.78. The van der Waals surface area contributed by atoms with E-state index in [9.17, 15) is 18.0 Å². The van der Waals surface area contributed by atoms with Crippen LogP contribution in [0, 0.1) is 0 Å². The van der Waals surface area contributed by atoms with Crippen LogP contribution in [0.1, 0.15) is 68.4 Å². The predicted octanol–water partition coefficient (Wildman–Crippen LogP) is 2.33. The zero-order valence-corrected chi connectivity index (χ0v) is 19.8. The smallest absolute Gasteiger partial charge is 0.418 e. The lowest BCUT2D eigenvalue weighted by molar-refractivity contribution is -0.0317. The van der Waals surface area contributed by atoms with E-state index in [0.29, 0.717) is 37.5 Å². The third-order valence-corrected chi connectivity index (χ3v) is 7.27. The Morgan fingerprint density at radius 1 is 1.12 bits per heavy atom. The predicted molar refractivity (Wildman–Crippen MR) is 112 cm³/mol. The molecule has 0 radical (unpaired) electrons. The van der Waals surface area contributed by atoms with Gasteiger partial charge in [0.15, 0.2) is 0 Å². The molecule has 2 unspecified atom stereocenters.